The van der Waals surface area contributed by atoms with Crippen LogP contribution in [-0.2, 0) is 0 Å². The molecule has 1 aromatic rings. The van der Waals surface area contributed by atoms with Gasteiger partial charge in [-0.1, -0.05) is 13.8 Å². The molecule has 0 unspecified atom stereocenters. The van der Waals surface area contributed by atoms with Crippen molar-refractivity contribution in [2.45, 2.75) is 40.7 Å². The van der Waals surface area contributed by atoms with Gasteiger partial charge in [0.1, 0.15) is 0 Å². The lowest BCUT2D eigenvalue weighted by Gasteiger charge is -2.06. The zero-order chi connectivity index (χ0) is 10.3. The minimum Gasteiger partial charge on any atom is -0.474 e. The van der Waals surface area contributed by atoms with Crippen molar-refractivity contribution >= 4 is 0 Å². The zero-order valence-corrected chi connectivity index (χ0v) is 9.03. The molecular formula is C10H18N2O. The standard InChI is InChI=1S/C8H12N2O.C2H6/c1-6(2)11-8-4-7(3)5-9-10-8;1-2/h4-6H,1-3H3;1-2H3. The van der Waals surface area contributed by atoms with Gasteiger partial charge in [-0.2, -0.15) is 5.10 Å². The fourth-order valence-corrected chi connectivity index (χ4v) is 0.737. The first-order valence-corrected chi connectivity index (χ1v) is 4.64. The second-order valence-corrected chi connectivity index (χ2v) is 2.74. The van der Waals surface area contributed by atoms with Gasteiger partial charge in [0.2, 0.25) is 5.88 Å². The minimum atomic E-state index is 0.158. The lowest BCUT2D eigenvalue weighted by molar-refractivity contribution is 0.230. The Labute approximate surface area is 80.1 Å². The number of aryl methyl sites for hydroxylation is 1. The van der Waals surface area contributed by atoms with Gasteiger partial charge in [-0.05, 0) is 26.3 Å². The van der Waals surface area contributed by atoms with Crippen molar-refractivity contribution < 1.29 is 4.74 Å². The molecule has 0 saturated carbocycles. The molecule has 0 atom stereocenters. The van der Waals surface area contributed by atoms with Crippen LogP contribution in [0.2, 0.25) is 0 Å². The Kier molecular flexibility index (Phi) is 5.85. The number of rotatable bonds is 2. The molecule has 0 fully saturated rings. The lowest BCUT2D eigenvalue weighted by atomic mass is 10.3. The first kappa shape index (κ1) is 11.9. The van der Waals surface area contributed by atoms with Gasteiger partial charge in [-0.25, -0.2) is 0 Å². The third-order valence-corrected chi connectivity index (χ3v) is 1.13. The molecular weight excluding hydrogens is 164 g/mol. The van der Waals surface area contributed by atoms with Crippen molar-refractivity contribution in [1.82, 2.24) is 10.2 Å². The Bertz CT molecular complexity index is 236. The first-order chi connectivity index (χ1) is 6.18. The van der Waals surface area contributed by atoms with E-state index >= 15 is 0 Å². The topological polar surface area (TPSA) is 35.0 Å². The molecule has 0 saturated heterocycles. The maximum Gasteiger partial charge on any atom is 0.233 e. The number of hydrogen-bond acceptors (Lipinski definition) is 3. The molecule has 74 valence electrons. The molecule has 0 aliphatic heterocycles. The van der Waals surface area contributed by atoms with Gasteiger partial charge < -0.3 is 4.74 Å². The highest BCUT2D eigenvalue weighted by Gasteiger charge is 1.98. The smallest absolute Gasteiger partial charge is 0.233 e. The number of nitrogens with zero attached hydrogens (tertiary/aromatic N) is 2. The van der Waals surface area contributed by atoms with Crippen molar-refractivity contribution in [2.24, 2.45) is 0 Å². The molecule has 0 amide bonds. The van der Waals surface area contributed by atoms with Crippen LogP contribution in [0.4, 0.5) is 0 Å². The summed E-state index contributed by atoms with van der Waals surface area (Å²) in [5, 5.41) is 7.57. The number of aromatic nitrogens is 2. The Balaban J connectivity index is 0.000000671. The van der Waals surface area contributed by atoms with Crippen LogP contribution in [0.25, 0.3) is 0 Å². The van der Waals surface area contributed by atoms with Gasteiger partial charge >= 0.3 is 0 Å². The second kappa shape index (κ2) is 6.40. The second-order valence-electron chi connectivity index (χ2n) is 2.74. The van der Waals surface area contributed by atoms with Gasteiger partial charge in [0, 0.05) is 6.07 Å². The summed E-state index contributed by atoms with van der Waals surface area (Å²) in [5.74, 6) is 0.597. The quantitative estimate of drug-likeness (QED) is 0.705. The van der Waals surface area contributed by atoms with Crippen molar-refractivity contribution in [2.75, 3.05) is 0 Å². The highest BCUT2D eigenvalue weighted by Crippen LogP contribution is 2.07. The summed E-state index contributed by atoms with van der Waals surface area (Å²) in [4.78, 5) is 0. The summed E-state index contributed by atoms with van der Waals surface area (Å²) in [6.07, 6.45) is 1.86. The average molecular weight is 182 g/mol. The highest BCUT2D eigenvalue weighted by molar-refractivity contribution is 5.14. The van der Waals surface area contributed by atoms with E-state index in [4.69, 9.17) is 4.74 Å². The van der Waals surface area contributed by atoms with Crippen molar-refractivity contribution in [3.05, 3.63) is 17.8 Å². The zero-order valence-electron chi connectivity index (χ0n) is 9.03. The third-order valence-electron chi connectivity index (χ3n) is 1.13. The monoisotopic (exact) mass is 182 g/mol. The summed E-state index contributed by atoms with van der Waals surface area (Å²) in [5.41, 5.74) is 1.07. The molecule has 3 heteroatoms. The highest BCUT2D eigenvalue weighted by atomic mass is 16.5. The molecule has 3 nitrogen and oxygen atoms in total. The Morgan fingerprint density at radius 3 is 2.38 bits per heavy atom. The van der Waals surface area contributed by atoms with E-state index in [1.807, 2.05) is 40.7 Å². The van der Waals surface area contributed by atoms with Gasteiger partial charge in [0.15, 0.2) is 0 Å². The minimum absolute atomic E-state index is 0.158. The van der Waals surface area contributed by atoms with Crippen LogP contribution in [-0.4, -0.2) is 16.3 Å². The molecule has 13 heavy (non-hydrogen) atoms. The van der Waals surface area contributed by atoms with E-state index in [1.54, 1.807) is 6.20 Å². The predicted octanol–water partition coefficient (Wildman–Crippen LogP) is 2.60. The molecule has 0 spiro atoms. The van der Waals surface area contributed by atoms with Crippen LogP contribution in [0.15, 0.2) is 12.3 Å². The van der Waals surface area contributed by atoms with Crippen LogP contribution in [0.3, 0.4) is 0 Å². The summed E-state index contributed by atoms with van der Waals surface area (Å²) in [6, 6.07) is 1.87. The molecule has 0 aromatic carbocycles. The van der Waals surface area contributed by atoms with Gasteiger partial charge in [0.05, 0.1) is 12.3 Å². The lowest BCUT2D eigenvalue weighted by Crippen LogP contribution is -2.07. The fourth-order valence-electron chi connectivity index (χ4n) is 0.737. The molecule has 0 aliphatic carbocycles. The first-order valence-electron chi connectivity index (χ1n) is 4.64. The molecule has 0 radical (unpaired) electrons. The van der Waals surface area contributed by atoms with Crippen LogP contribution >= 0.6 is 0 Å². The molecule has 1 heterocycles. The largest absolute Gasteiger partial charge is 0.474 e. The van der Waals surface area contributed by atoms with E-state index in [0.29, 0.717) is 5.88 Å². The van der Waals surface area contributed by atoms with E-state index in [1.165, 1.54) is 0 Å². The molecule has 0 bridgehead atoms. The van der Waals surface area contributed by atoms with E-state index in [0.717, 1.165) is 5.56 Å². The number of ether oxygens (including phenoxy) is 1. The summed E-state index contributed by atoms with van der Waals surface area (Å²) in [6.45, 7) is 9.88. The molecule has 1 aromatic heterocycles. The van der Waals surface area contributed by atoms with E-state index in [-0.39, 0.29) is 6.10 Å². The van der Waals surface area contributed by atoms with Gasteiger partial charge in [-0.15, -0.1) is 5.10 Å². The van der Waals surface area contributed by atoms with Crippen LogP contribution in [0.5, 0.6) is 5.88 Å². The van der Waals surface area contributed by atoms with Crippen LogP contribution in [0.1, 0.15) is 33.3 Å². The third kappa shape index (κ3) is 5.17. The van der Waals surface area contributed by atoms with Crippen molar-refractivity contribution in [1.29, 1.82) is 0 Å². The normalized spacial score (nSPS) is 9.08. The van der Waals surface area contributed by atoms with Crippen LogP contribution < -0.4 is 4.74 Å². The van der Waals surface area contributed by atoms with Crippen LogP contribution in [0, 0.1) is 6.92 Å². The summed E-state index contributed by atoms with van der Waals surface area (Å²) >= 11 is 0. The van der Waals surface area contributed by atoms with Crippen molar-refractivity contribution in [3.63, 3.8) is 0 Å². The average Bonchev–Trinajstić information content (AvgIpc) is 2.06. The number of hydrogen-bond donors (Lipinski definition) is 0. The Morgan fingerprint density at radius 2 is 1.92 bits per heavy atom. The van der Waals surface area contributed by atoms with E-state index in [9.17, 15) is 0 Å². The van der Waals surface area contributed by atoms with E-state index in [2.05, 4.69) is 10.2 Å². The molecule has 0 N–H and O–H groups in total. The predicted molar refractivity (Wildman–Crippen MR) is 53.9 cm³/mol. The SMILES string of the molecule is CC.Cc1cnnc(OC(C)C)c1. The van der Waals surface area contributed by atoms with Crippen molar-refractivity contribution in [3.8, 4) is 5.88 Å². The molecule has 1 rings (SSSR count). The van der Waals surface area contributed by atoms with Gasteiger partial charge in [0.25, 0.3) is 0 Å². The Morgan fingerprint density at radius 1 is 1.31 bits per heavy atom. The van der Waals surface area contributed by atoms with E-state index < -0.39 is 0 Å². The Hall–Kier alpha value is -1.12. The molecule has 0 aliphatic rings. The summed E-state index contributed by atoms with van der Waals surface area (Å²) in [7, 11) is 0. The maximum absolute atomic E-state index is 5.32. The van der Waals surface area contributed by atoms with Gasteiger partial charge in [-0.3, -0.25) is 0 Å². The summed E-state index contributed by atoms with van der Waals surface area (Å²) < 4.78 is 5.32. The fraction of sp³-hybridized carbons (Fsp3) is 0.600. The maximum atomic E-state index is 5.32.